The SMILES string of the molecule is CC[NH+]=c1ccc2c(-c3ccc(C(=O)O)cc3C(=O)O)c3ccc(N)cc3oc-2c1. The quantitative estimate of drug-likeness (QED) is 0.305. The van der Waals surface area contributed by atoms with Crippen LogP contribution in [0.4, 0.5) is 5.69 Å². The van der Waals surface area contributed by atoms with Gasteiger partial charge in [-0.3, -0.25) is 0 Å². The van der Waals surface area contributed by atoms with E-state index in [1.165, 1.54) is 18.2 Å². The lowest BCUT2D eigenvalue weighted by atomic mass is 9.90. The van der Waals surface area contributed by atoms with Crippen molar-refractivity contribution in [3.05, 3.63) is 71.1 Å². The molecule has 2 aromatic rings. The van der Waals surface area contributed by atoms with E-state index in [-0.39, 0.29) is 11.1 Å². The van der Waals surface area contributed by atoms with E-state index in [0.29, 0.717) is 39.1 Å². The van der Waals surface area contributed by atoms with Gasteiger partial charge in [0.2, 0.25) is 5.36 Å². The summed E-state index contributed by atoms with van der Waals surface area (Å²) in [7, 11) is 0. The van der Waals surface area contributed by atoms with Gasteiger partial charge in [-0.15, -0.1) is 0 Å². The molecule has 0 saturated heterocycles. The Morgan fingerprint density at radius 1 is 0.967 bits per heavy atom. The molecule has 0 radical (unpaired) electrons. The number of benzene rings is 3. The molecular weight excluding hydrogens is 384 g/mol. The van der Waals surface area contributed by atoms with Crippen LogP contribution in [-0.2, 0) is 0 Å². The molecule has 1 heterocycles. The molecule has 0 amide bonds. The highest BCUT2D eigenvalue weighted by molar-refractivity contribution is 6.08. The fourth-order valence-electron chi connectivity index (χ4n) is 3.58. The standard InChI is InChI=1S/C23H18N2O5/c1-2-25-14-5-8-17-20(11-14)30-19-10-13(24)4-7-16(19)21(17)15-6-3-12(22(26)27)9-18(15)23(28)29/h3-11H,2,24H2,1H3,(H,26,27)(H,28,29)/p+1. The second-order valence-corrected chi connectivity index (χ2v) is 6.84. The number of carboxylic acid groups (broad SMARTS) is 2. The van der Waals surface area contributed by atoms with Crippen LogP contribution >= 0.6 is 0 Å². The third-order valence-electron chi connectivity index (χ3n) is 4.89. The van der Waals surface area contributed by atoms with Gasteiger partial charge in [-0.2, -0.15) is 0 Å². The van der Waals surface area contributed by atoms with Gasteiger partial charge in [-0.1, -0.05) is 6.07 Å². The van der Waals surface area contributed by atoms with Crippen molar-refractivity contribution in [1.29, 1.82) is 0 Å². The summed E-state index contributed by atoms with van der Waals surface area (Å²) < 4.78 is 6.08. The summed E-state index contributed by atoms with van der Waals surface area (Å²) in [6.45, 7) is 2.72. The highest BCUT2D eigenvalue weighted by Gasteiger charge is 2.23. The van der Waals surface area contributed by atoms with E-state index in [0.717, 1.165) is 11.9 Å². The fourth-order valence-corrected chi connectivity index (χ4v) is 3.58. The maximum Gasteiger partial charge on any atom is 0.336 e. The van der Waals surface area contributed by atoms with Gasteiger partial charge >= 0.3 is 11.9 Å². The number of carbonyl (C=O) groups is 2. The normalized spacial score (nSPS) is 11.8. The number of anilines is 1. The smallest absolute Gasteiger partial charge is 0.336 e. The molecule has 0 saturated carbocycles. The molecule has 0 aromatic heterocycles. The minimum Gasteiger partial charge on any atom is -0.478 e. The Bertz CT molecular complexity index is 1350. The van der Waals surface area contributed by atoms with Gasteiger partial charge in [0.15, 0.2) is 0 Å². The molecule has 30 heavy (non-hydrogen) atoms. The van der Waals surface area contributed by atoms with Crippen LogP contribution in [0.3, 0.4) is 0 Å². The van der Waals surface area contributed by atoms with Crippen LogP contribution in [-0.4, -0.2) is 28.7 Å². The van der Waals surface area contributed by atoms with Gasteiger partial charge in [-0.05, 0) is 42.8 Å². The Hall–Kier alpha value is -4.13. The number of nitrogen functional groups attached to an aromatic ring is 1. The van der Waals surface area contributed by atoms with E-state index in [1.54, 1.807) is 18.2 Å². The van der Waals surface area contributed by atoms with Crippen molar-refractivity contribution >= 4 is 28.6 Å². The van der Waals surface area contributed by atoms with Gasteiger partial charge in [0.1, 0.15) is 17.9 Å². The minimum absolute atomic E-state index is 0.0935. The molecule has 0 unspecified atom stereocenters. The first-order valence-corrected chi connectivity index (χ1v) is 9.33. The zero-order valence-corrected chi connectivity index (χ0v) is 16.1. The van der Waals surface area contributed by atoms with Crippen LogP contribution in [0.25, 0.3) is 33.4 Å². The zero-order valence-electron chi connectivity index (χ0n) is 16.1. The van der Waals surface area contributed by atoms with E-state index < -0.39 is 11.9 Å². The first-order chi connectivity index (χ1) is 14.4. The molecule has 0 bridgehead atoms. The Kier molecular flexibility index (Phi) is 4.71. The summed E-state index contributed by atoms with van der Waals surface area (Å²) in [6.07, 6.45) is 0. The van der Waals surface area contributed by atoms with Crippen molar-refractivity contribution < 1.29 is 29.2 Å². The monoisotopic (exact) mass is 403 g/mol. The highest BCUT2D eigenvalue weighted by atomic mass is 16.4. The molecule has 2 aliphatic rings. The van der Waals surface area contributed by atoms with E-state index in [1.807, 2.05) is 25.1 Å². The molecule has 7 nitrogen and oxygen atoms in total. The molecule has 0 fully saturated rings. The summed E-state index contributed by atoms with van der Waals surface area (Å²) in [5.74, 6) is -1.85. The Morgan fingerprint density at radius 3 is 2.43 bits per heavy atom. The van der Waals surface area contributed by atoms with E-state index >= 15 is 0 Å². The van der Waals surface area contributed by atoms with Crippen molar-refractivity contribution in [3.8, 4) is 22.5 Å². The molecule has 1 aliphatic carbocycles. The number of hydrogen-bond acceptors (Lipinski definition) is 4. The number of carboxylic acids is 2. The summed E-state index contributed by atoms with van der Waals surface area (Å²) in [5.41, 5.74) is 8.51. The molecule has 0 atom stereocenters. The van der Waals surface area contributed by atoms with Gasteiger partial charge in [0, 0.05) is 34.3 Å². The van der Waals surface area contributed by atoms with Crippen LogP contribution in [0.1, 0.15) is 27.6 Å². The lowest BCUT2D eigenvalue weighted by Crippen LogP contribution is -2.75. The van der Waals surface area contributed by atoms with E-state index in [4.69, 9.17) is 10.2 Å². The predicted molar refractivity (Wildman–Crippen MR) is 111 cm³/mol. The molecule has 150 valence electrons. The second-order valence-electron chi connectivity index (χ2n) is 6.84. The summed E-state index contributed by atoms with van der Waals surface area (Å²) in [5, 5.41) is 20.6. The van der Waals surface area contributed by atoms with Crippen molar-refractivity contribution in [2.24, 2.45) is 0 Å². The van der Waals surface area contributed by atoms with E-state index in [2.05, 4.69) is 4.99 Å². The number of rotatable bonds is 4. The summed E-state index contributed by atoms with van der Waals surface area (Å²) >= 11 is 0. The van der Waals surface area contributed by atoms with Crippen LogP contribution in [0, 0.1) is 0 Å². The van der Waals surface area contributed by atoms with Crippen molar-refractivity contribution in [2.45, 2.75) is 6.92 Å². The van der Waals surface area contributed by atoms with Gasteiger partial charge in [0.05, 0.1) is 17.2 Å². The first-order valence-electron chi connectivity index (χ1n) is 9.33. The van der Waals surface area contributed by atoms with E-state index in [9.17, 15) is 19.8 Å². The molecule has 7 heteroatoms. The lowest BCUT2D eigenvalue weighted by molar-refractivity contribution is -0.496. The van der Waals surface area contributed by atoms with Crippen LogP contribution in [0.15, 0.2) is 59.0 Å². The lowest BCUT2D eigenvalue weighted by Gasteiger charge is -2.17. The molecular formula is C23H19N2O5+. The average molecular weight is 403 g/mol. The first kappa shape index (κ1) is 19.2. The van der Waals surface area contributed by atoms with Gasteiger partial charge in [-0.25, -0.2) is 14.6 Å². The number of hydrogen-bond donors (Lipinski definition) is 4. The highest BCUT2D eigenvalue weighted by Crippen LogP contribution is 2.41. The average Bonchev–Trinajstić information content (AvgIpc) is 2.71. The molecule has 4 rings (SSSR count). The van der Waals surface area contributed by atoms with Crippen molar-refractivity contribution in [1.82, 2.24) is 0 Å². The number of aromatic carboxylic acids is 2. The maximum atomic E-state index is 12.0. The van der Waals surface area contributed by atoms with Gasteiger partial charge < -0.3 is 20.4 Å². The molecule has 2 aromatic carbocycles. The predicted octanol–water partition coefficient (Wildman–Crippen LogP) is 2.18. The summed E-state index contributed by atoms with van der Waals surface area (Å²) in [6, 6.07) is 14.9. The van der Waals surface area contributed by atoms with Crippen molar-refractivity contribution in [2.75, 3.05) is 12.3 Å². The molecule has 1 aliphatic heterocycles. The Morgan fingerprint density at radius 2 is 1.73 bits per heavy atom. The number of nitrogens with one attached hydrogen (secondary N) is 1. The van der Waals surface area contributed by atoms with Gasteiger partial charge in [0.25, 0.3) is 0 Å². The topological polar surface area (TPSA) is 128 Å². The molecule has 0 spiro atoms. The number of fused-ring (bicyclic) bond motifs is 2. The number of nitrogens with two attached hydrogens (primary N) is 1. The fraction of sp³-hybridized carbons (Fsp3) is 0.0870. The minimum atomic E-state index is -1.21. The van der Waals surface area contributed by atoms with Crippen LogP contribution in [0.2, 0.25) is 0 Å². The maximum absolute atomic E-state index is 12.0. The summed E-state index contributed by atoms with van der Waals surface area (Å²) in [4.78, 5) is 26.6. The largest absolute Gasteiger partial charge is 0.478 e. The molecule has 5 N–H and O–H groups in total. The Balaban J connectivity index is 2.15. The van der Waals surface area contributed by atoms with Crippen LogP contribution in [0.5, 0.6) is 0 Å². The third-order valence-corrected chi connectivity index (χ3v) is 4.89. The Labute approximate surface area is 171 Å². The van der Waals surface area contributed by atoms with Crippen molar-refractivity contribution in [3.63, 3.8) is 0 Å². The zero-order chi connectivity index (χ0) is 21.4. The third kappa shape index (κ3) is 3.26. The second kappa shape index (κ2) is 7.36. The van der Waals surface area contributed by atoms with Crippen LogP contribution < -0.4 is 16.1 Å².